The maximum Gasteiger partial charge on any atom is 0.145 e. The molecule has 1 aromatic rings. The molecule has 68 valence electrons. The number of phenols is 1. The maximum absolute atomic E-state index is 12.5. The molecule has 0 atom stereocenters. The molecule has 0 aliphatic carbocycles. The Morgan fingerprint density at radius 3 is 2.25 bits per heavy atom. The van der Waals surface area contributed by atoms with Crippen LogP contribution in [0.25, 0.3) is 0 Å². The molecule has 0 saturated carbocycles. The molecule has 3 heteroatoms. The van der Waals surface area contributed by atoms with Gasteiger partial charge in [0.15, 0.2) is 0 Å². The van der Waals surface area contributed by atoms with Crippen LogP contribution < -0.4 is 0 Å². The summed E-state index contributed by atoms with van der Waals surface area (Å²) in [4.78, 5) is 0. The lowest BCUT2D eigenvalue weighted by Crippen LogP contribution is -1.79. The molecule has 1 nitrogen and oxygen atoms in total. The third kappa shape index (κ3) is 2.70. The fraction of sp³-hybridized carbons (Fsp3) is 0.333. The SMILES string of the molecule is CC.Cc1cc(Cl)c(F)cc1O. The van der Waals surface area contributed by atoms with Crippen LogP contribution in [-0.2, 0) is 0 Å². The number of benzene rings is 1. The van der Waals surface area contributed by atoms with Gasteiger partial charge in [-0.1, -0.05) is 25.4 Å². The summed E-state index contributed by atoms with van der Waals surface area (Å²) in [6, 6.07) is 2.38. The summed E-state index contributed by atoms with van der Waals surface area (Å²) >= 11 is 5.40. The topological polar surface area (TPSA) is 20.2 Å². The van der Waals surface area contributed by atoms with Gasteiger partial charge >= 0.3 is 0 Å². The van der Waals surface area contributed by atoms with Crippen molar-refractivity contribution >= 4 is 11.6 Å². The molecule has 0 radical (unpaired) electrons. The average Bonchev–Trinajstić information content (AvgIpc) is 2.05. The molecule has 0 fully saturated rings. The van der Waals surface area contributed by atoms with Gasteiger partial charge in [-0.2, -0.15) is 0 Å². The third-order valence-corrected chi connectivity index (χ3v) is 1.53. The van der Waals surface area contributed by atoms with Crippen molar-refractivity contribution < 1.29 is 9.50 Å². The van der Waals surface area contributed by atoms with E-state index in [-0.39, 0.29) is 10.8 Å². The summed E-state index contributed by atoms with van der Waals surface area (Å²) in [6.45, 7) is 5.65. The van der Waals surface area contributed by atoms with Gasteiger partial charge in [0, 0.05) is 6.07 Å². The highest BCUT2D eigenvalue weighted by atomic mass is 35.5. The second-order valence-corrected chi connectivity index (χ2v) is 2.46. The van der Waals surface area contributed by atoms with Crippen molar-refractivity contribution in [2.24, 2.45) is 0 Å². The summed E-state index contributed by atoms with van der Waals surface area (Å²) in [7, 11) is 0. The number of hydrogen-bond acceptors (Lipinski definition) is 1. The monoisotopic (exact) mass is 190 g/mol. The van der Waals surface area contributed by atoms with Gasteiger partial charge in [0.1, 0.15) is 11.6 Å². The summed E-state index contributed by atoms with van der Waals surface area (Å²) < 4.78 is 12.5. The van der Waals surface area contributed by atoms with Crippen LogP contribution in [0.2, 0.25) is 5.02 Å². The van der Waals surface area contributed by atoms with Gasteiger partial charge in [-0.3, -0.25) is 0 Å². The van der Waals surface area contributed by atoms with Crippen LogP contribution in [0.3, 0.4) is 0 Å². The van der Waals surface area contributed by atoms with Gasteiger partial charge in [0.05, 0.1) is 5.02 Å². The molecule has 1 N–H and O–H groups in total. The highest BCUT2D eigenvalue weighted by molar-refractivity contribution is 6.30. The Kier molecular flexibility index (Phi) is 4.67. The van der Waals surface area contributed by atoms with Crippen LogP contribution in [-0.4, -0.2) is 5.11 Å². The van der Waals surface area contributed by atoms with Crippen molar-refractivity contribution in [2.75, 3.05) is 0 Å². The molecule has 0 spiro atoms. The smallest absolute Gasteiger partial charge is 0.145 e. The third-order valence-electron chi connectivity index (χ3n) is 1.24. The molecule has 0 heterocycles. The Hall–Kier alpha value is -0.760. The first-order chi connectivity index (χ1) is 5.61. The van der Waals surface area contributed by atoms with E-state index >= 15 is 0 Å². The van der Waals surface area contributed by atoms with Crippen molar-refractivity contribution in [3.63, 3.8) is 0 Å². The molecule has 0 aliphatic rings. The first-order valence-electron chi connectivity index (χ1n) is 3.76. The molecule has 0 amide bonds. The zero-order valence-electron chi connectivity index (χ0n) is 7.36. The van der Waals surface area contributed by atoms with Gasteiger partial charge in [0.25, 0.3) is 0 Å². The first-order valence-corrected chi connectivity index (χ1v) is 4.13. The zero-order chi connectivity index (χ0) is 9.72. The Labute approximate surface area is 76.8 Å². The molecular formula is C9H12ClFO. The minimum atomic E-state index is -0.593. The van der Waals surface area contributed by atoms with Crippen molar-refractivity contribution in [1.82, 2.24) is 0 Å². The molecule has 0 saturated heterocycles. The zero-order valence-corrected chi connectivity index (χ0v) is 8.11. The van der Waals surface area contributed by atoms with Crippen molar-refractivity contribution in [3.8, 4) is 5.75 Å². The second kappa shape index (κ2) is 4.99. The molecular weight excluding hydrogens is 179 g/mol. The fourth-order valence-corrected chi connectivity index (χ4v) is 0.854. The Morgan fingerprint density at radius 1 is 1.33 bits per heavy atom. The van der Waals surface area contributed by atoms with E-state index in [1.165, 1.54) is 6.07 Å². The Morgan fingerprint density at radius 2 is 1.83 bits per heavy atom. The minimum Gasteiger partial charge on any atom is -0.508 e. The van der Waals surface area contributed by atoms with E-state index in [2.05, 4.69) is 0 Å². The van der Waals surface area contributed by atoms with Crippen molar-refractivity contribution in [1.29, 1.82) is 0 Å². The fourth-order valence-electron chi connectivity index (χ4n) is 0.636. The van der Waals surface area contributed by atoms with E-state index in [0.29, 0.717) is 5.56 Å². The number of hydrogen-bond donors (Lipinski definition) is 1. The van der Waals surface area contributed by atoms with E-state index < -0.39 is 5.82 Å². The van der Waals surface area contributed by atoms with Gasteiger partial charge in [0.2, 0.25) is 0 Å². The van der Waals surface area contributed by atoms with Crippen LogP contribution in [0.15, 0.2) is 12.1 Å². The average molecular weight is 191 g/mol. The lowest BCUT2D eigenvalue weighted by atomic mass is 10.2. The van der Waals surface area contributed by atoms with Crippen LogP contribution >= 0.6 is 11.6 Å². The molecule has 12 heavy (non-hydrogen) atoms. The number of rotatable bonds is 0. The molecule has 0 unspecified atom stereocenters. The predicted molar refractivity (Wildman–Crippen MR) is 49.2 cm³/mol. The highest BCUT2D eigenvalue weighted by Crippen LogP contribution is 2.23. The number of aromatic hydroxyl groups is 1. The van der Waals surface area contributed by atoms with E-state index in [1.807, 2.05) is 13.8 Å². The number of halogens is 2. The standard InChI is InChI=1S/C7H6ClFO.C2H6/c1-4-2-5(8)6(9)3-7(4)10;1-2/h2-3,10H,1H3;1-2H3. The first kappa shape index (κ1) is 11.2. The van der Waals surface area contributed by atoms with Gasteiger partial charge < -0.3 is 5.11 Å². The molecule has 0 bridgehead atoms. The van der Waals surface area contributed by atoms with E-state index in [4.69, 9.17) is 16.7 Å². The van der Waals surface area contributed by atoms with Crippen LogP contribution in [0.5, 0.6) is 5.75 Å². The Balaban J connectivity index is 0.000000561. The van der Waals surface area contributed by atoms with E-state index in [1.54, 1.807) is 6.92 Å². The predicted octanol–water partition coefficient (Wildman–Crippen LogP) is 3.52. The molecule has 0 aromatic heterocycles. The van der Waals surface area contributed by atoms with E-state index in [0.717, 1.165) is 6.07 Å². The number of phenolic OH excluding ortho intramolecular Hbond substituents is 1. The van der Waals surface area contributed by atoms with Crippen molar-refractivity contribution in [3.05, 3.63) is 28.5 Å². The Bertz CT molecular complexity index is 211. The lowest BCUT2D eigenvalue weighted by molar-refractivity contribution is 0.465. The lowest BCUT2D eigenvalue weighted by Gasteiger charge is -1.98. The van der Waals surface area contributed by atoms with Crippen LogP contribution in [0, 0.1) is 12.7 Å². The van der Waals surface area contributed by atoms with Gasteiger partial charge in [-0.25, -0.2) is 4.39 Å². The second-order valence-electron chi connectivity index (χ2n) is 2.05. The molecule has 0 aliphatic heterocycles. The number of aryl methyl sites for hydroxylation is 1. The van der Waals surface area contributed by atoms with Gasteiger partial charge in [-0.15, -0.1) is 0 Å². The van der Waals surface area contributed by atoms with Crippen LogP contribution in [0.4, 0.5) is 4.39 Å². The minimum absolute atomic E-state index is 0.0373. The van der Waals surface area contributed by atoms with E-state index in [9.17, 15) is 4.39 Å². The summed E-state index contributed by atoms with van der Waals surface area (Å²) in [5.74, 6) is -0.660. The van der Waals surface area contributed by atoms with Crippen molar-refractivity contribution in [2.45, 2.75) is 20.8 Å². The molecule has 1 aromatic carbocycles. The van der Waals surface area contributed by atoms with Gasteiger partial charge in [-0.05, 0) is 18.6 Å². The molecule has 1 rings (SSSR count). The van der Waals surface area contributed by atoms with Crippen LogP contribution in [0.1, 0.15) is 19.4 Å². The quantitative estimate of drug-likeness (QED) is 0.664. The summed E-state index contributed by atoms with van der Waals surface area (Å²) in [6.07, 6.45) is 0. The highest BCUT2D eigenvalue weighted by Gasteiger charge is 2.02. The summed E-state index contributed by atoms with van der Waals surface area (Å²) in [5.41, 5.74) is 0.575. The largest absolute Gasteiger partial charge is 0.508 e. The maximum atomic E-state index is 12.5. The summed E-state index contributed by atoms with van der Waals surface area (Å²) in [5, 5.41) is 8.96. The normalized spacial score (nSPS) is 8.75.